The van der Waals surface area contributed by atoms with Gasteiger partial charge in [0.05, 0.1) is 5.69 Å². The molecular weight excluding hydrogens is 422 g/mol. The van der Waals surface area contributed by atoms with Gasteiger partial charge in [0.25, 0.3) is 0 Å². The van der Waals surface area contributed by atoms with Gasteiger partial charge in [-0.15, -0.1) is 11.3 Å². The molecule has 2 aromatic carbocycles. The third-order valence-corrected chi connectivity index (χ3v) is 6.45. The average molecular weight is 452 g/mol. The van der Waals surface area contributed by atoms with Crippen LogP contribution in [0.25, 0.3) is 10.6 Å². The number of aliphatic carboxylic acids is 1. The minimum Gasteiger partial charge on any atom is -0.482 e. The summed E-state index contributed by atoms with van der Waals surface area (Å²) in [6.45, 7) is 7.90. The predicted octanol–water partition coefficient (Wildman–Crippen LogP) is 6.08. The zero-order chi connectivity index (χ0) is 23.3. The molecule has 32 heavy (non-hydrogen) atoms. The lowest BCUT2D eigenvalue weighted by atomic mass is 9.97. The lowest BCUT2D eigenvalue weighted by Crippen LogP contribution is -2.10. The highest BCUT2D eigenvalue weighted by Gasteiger charge is 2.18. The molecular formula is C26H29NO4S. The third-order valence-electron chi connectivity index (χ3n) is 5.27. The molecule has 0 saturated heterocycles. The second kappa shape index (κ2) is 10.6. The van der Waals surface area contributed by atoms with Gasteiger partial charge in [-0.3, -0.25) is 4.79 Å². The number of carbonyl (C=O) groups is 2. The molecule has 5 nitrogen and oxygen atoms in total. The van der Waals surface area contributed by atoms with E-state index in [-0.39, 0.29) is 11.7 Å². The number of aromatic nitrogens is 1. The lowest BCUT2D eigenvalue weighted by molar-refractivity contribution is -0.139. The summed E-state index contributed by atoms with van der Waals surface area (Å²) in [7, 11) is 0. The molecule has 0 unspecified atom stereocenters. The van der Waals surface area contributed by atoms with Crippen molar-refractivity contribution < 1.29 is 19.4 Å². The van der Waals surface area contributed by atoms with Crippen molar-refractivity contribution in [1.29, 1.82) is 0 Å². The van der Waals surface area contributed by atoms with Crippen LogP contribution in [-0.4, -0.2) is 28.4 Å². The molecule has 1 aromatic heterocycles. The van der Waals surface area contributed by atoms with E-state index in [1.165, 1.54) is 5.56 Å². The minimum atomic E-state index is -1.03. The van der Waals surface area contributed by atoms with Crippen LogP contribution in [0.4, 0.5) is 0 Å². The number of carboxylic acid groups (broad SMARTS) is 1. The highest BCUT2D eigenvalue weighted by Crippen LogP contribution is 2.33. The molecule has 168 valence electrons. The van der Waals surface area contributed by atoms with E-state index >= 15 is 0 Å². The first-order valence-electron chi connectivity index (χ1n) is 10.9. The van der Waals surface area contributed by atoms with Gasteiger partial charge in [0.1, 0.15) is 10.8 Å². The van der Waals surface area contributed by atoms with Crippen molar-refractivity contribution in [2.24, 2.45) is 0 Å². The van der Waals surface area contributed by atoms with Crippen LogP contribution in [0.1, 0.15) is 65.2 Å². The highest BCUT2D eigenvalue weighted by molar-refractivity contribution is 7.15. The van der Waals surface area contributed by atoms with Crippen molar-refractivity contribution >= 4 is 23.1 Å². The number of aryl methyl sites for hydroxylation is 3. The molecule has 0 aliphatic rings. The molecule has 0 bridgehead atoms. The second-order valence-corrected chi connectivity index (χ2v) is 9.21. The number of hydrogen-bond acceptors (Lipinski definition) is 5. The standard InChI is InChI=1S/C26H29NO4S/c1-5-18-14-20(31-15-24(29)30)10-11-21(18)22(28)12-13-23-25(16(2)3)27-26(32-23)19-8-6-17(4)7-9-19/h6-11,14,16H,5,12-13,15H2,1-4H3,(H,29,30). The number of ketones is 1. The zero-order valence-electron chi connectivity index (χ0n) is 19.0. The maximum atomic E-state index is 13.0. The third kappa shape index (κ3) is 5.82. The molecule has 6 heteroatoms. The predicted molar refractivity (Wildman–Crippen MR) is 128 cm³/mol. The zero-order valence-corrected chi connectivity index (χ0v) is 19.8. The van der Waals surface area contributed by atoms with Gasteiger partial charge in [0.15, 0.2) is 12.4 Å². The Hall–Kier alpha value is -2.99. The van der Waals surface area contributed by atoms with Crippen molar-refractivity contribution in [1.82, 2.24) is 4.98 Å². The maximum absolute atomic E-state index is 13.0. The van der Waals surface area contributed by atoms with Gasteiger partial charge >= 0.3 is 5.97 Å². The van der Waals surface area contributed by atoms with Gasteiger partial charge in [-0.1, -0.05) is 50.6 Å². The first-order valence-corrected chi connectivity index (χ1v) is 11.7. The van der Waals surface area contributed by atoms with Gasteiger partial charge in [-0.25, -0.2) is 9.78 Å². The fourth-order valence-electron chi connectivity index (χ4n) is 3.54. The number of hydrogen-bond donors (Lipinski definition) is 1. The van der Waals surface area contributed by atoms with Crippen LogP contribution in [0.5, 0.6) is 5.75 Å². The number of benzene rings is 2. The highest BCUT2D eigenvalue weighted by atomic mass is 32.1. The lowest BCUT2D eigenvalue weighted by Gasteiger charge is -2.10. The Balaban J connectivity index is 1.76. The van der Waals surface area contributed by atoms with Crippen molar-refractivity contribution in [3.05, 3.63) is 69.7 Å². The van der Waals surface area contributed by atoms with E-state index in [0.717, 1.165) is 26.7 Å². The largest absolute Gasteiger partial charge is 0.482 e. The summed E-state index contributed by atoms with van der Waals surface area (Å²) in [5.41, 5.74) is 4.92. The summed E-state index contributed by atoms with van der Waals surface area (Å²) < 4.78 is 5.25. The first-order chi connectivity index (χ1) is 15.3. The van der Waals surface area contributed by atoms with Gasteiger partial charge in [0, 0.05) is 22.4 Å². The van der Waals surface area contributed by atoms with E-state index in [2.05, 4.69) is 45.0 Å². The Morgan fingerprint density at radius 1 is 1.12 bits per heavy atom. The van der Waals surface area contributed by atoms with E-state index in [9.17, 15) is 9.59 Å². The molecule has 1 N–H and O–H groups in total. The van der Waals surface area contributed by atoms with E-state index in [1.54, 1.807) is 29.5 Å². The average Bonchev–Trinajstić information content (AvgIpc) is 3.21. The van der Waals surface area contributed by atoms with Crippen LogP contribution in [-0.2, 0) is 17.6 Å². The fourth-order valence-corrected chi connectivity index (χ4v) is 4.77. The summed E-state index contributed by atoms with van der Waals surface area (Å²) in [6.07, 6.45) is 1.72. The van der Waals surface area contributed by atoms with Crippen molar-refractivity contribution in [2.75, 3.05) is 6.61 Å². The van der Waals surface area contributed by atoms with Crippen molar-refractivity contribution in [2.45, 2.75) is 52.9 Å². The number of Topliss-reactive ketones (excluding diaryl/α,β-unsaturated/α-hetero) is 1. The number of ether oxygens (including phenoxy) is 1. The van der Waals surface area contributed by atoms with E-state index < -0.39 is 12.6 Å². The second-order valence-electron chi connectivity index (χ2n) is 8.13. The topological polar surface area (TPSA) is 76.5 Å². The molecule has 0 aliphatic carbocycles. The summed E-state index contributed by atoms with van der Waals surface area (Å²) in [6, 6.07) is 13.5. The number of carboxylic acids is 1. The molecule has 0 radical (unpaired) electrons. The maximum Gasteiger partial charge on any atom is 0.341 e. The number of thiazole rings is 1. The van der Waals surface area contributed by atoms with Crippen molar-refractivity contribution in [3.8, 4) is 16.3 Å². The number of carbonyl (C=O) groups excluding carboxylic acids is 1. The SMILES string of the molecule is CCc1cc(OCC(=O)O)ccc1C(=O)CCc1sc(-c2ccc(C)cc2)nc1C(C)C. The quantitative estimate of drug-likeness (QED) is 0.378. The Labute approximate surface area is 193 Å². The molecule has 3 aromatic rings. The normalized spacial score (nSPS) is 11.0. The smallest absolute Gasteiger partial charge is 0.341 e. The summed E-state index contributed by atoms with van der Waals surface area (Å²) in [5.74, 6) is -0.203. The van der Waals surface area contributed by atoms with Gasteiger partial charge in [-0.05, 0) is 49.4 Å². The molecule has 0 saturated carbocycles. The Morgan fingerprint density at radius 3 is 2.47 bits per heavy atom. The van der Waals surface area contributed by atoms with Crippen LogP contribution < -0.4 is 4.74 Å². The van der Waals surface area contributed by atoms with E-state index in [0.29, 0.717) is 30.6 Å². The van der Waals surface area contributed by atoms with E-state index in [1.807, 2.05) is 6.92 Å². The van der Waals surface area contributed by atoms with Crippen LogP contribution in [0, 0.1) is 6.92 Å². The summed E-state index contributed by atoms with van der Waals surface area (Å²) in [4.78, 5) is 29.8. The van der Waals surface area contributed by atoms with Crippen LogP contribution in [0.15, 0.2) is 42.5 Å². The number of rotatable bonds is 10. The Bertz CT molecular complexity index is 1100. The van der Waals surface area contributed by atoms with Crippen molar-refractivity contribution in [3.63, 3.8) is 0 Å². The molecule has 0 aliphatic heterocycles. The Morgan fingerprint density at radius 2 is 1.84 bits per heavy atom. The van der Waals surface area contributed by atoms with Gasteiger partial charge in [0.2, 0.25) is 0 Å². The monoisotopic (exact) mass is 451 g/mol. The molecule has 1 heterocycles. The van der Waals surface area contributed by atoms with Crippen LogP contribution in [0.3, 0.4) is 0 Å². The Kier molecular flexibility index (Phi) is 7.80. The van der Waals surface area contributed by atoms with Gasteiger partial charge < -0.3 is 9.84 Å². The molecule has 0 atom stereocenters. The molecule has 3 rings (SSSR count). The van der Waals surface area contributed by atoms with Gasteiger partial charge in [-0.2, -0.15) is 0 Å². The summed E-state index contributed by atoms with van der Waals surface area (Å²) in [5, 5.41) is 9.78. The van der Waals surface area contributed by atoms with E-state index in [4.69, 9.17) is 14.8 Å². The molecule has 0 fully saturated rings. The fraction of sp³-hybridized carbons (Fsp3) is 0.346. The van der Waals surface area contributed by atoms with Crippen LogP contribution >= 0.6 is 11.3 Å². The molecule has 0 spiro atoms. The summed E-state index contributed by atoms with van der Waals surface area (Å²) >= 11 is 1.67. The molecule has 0 amide bonds. The number of nitrogens with zero attached hydrogens (tertiary/aromatic N) is 1. The first kappa shape index (κ1) is 23.7. The van der Waals surface area contributed by atoms with Crippen LogP contribution in [0.2, 0.25) is 0 Å². The minimum absolute atomic E-state index is 0.0756.